The lowest BCUT2D eigenvalue weighted by molar-refractivity contribution is -0.133. The molecule has 2 rings (SSSR count). The number of rotatable bonds is 10. The van der Waals surface area contributed by atoms with E-state index in [2.05, 4.69) is 24.0 Å². The third-order valence-corrected chi connectivity index (χ3v) is 4.26. The van der Waals surface area contributed by atoms with E-state index in [4.69, 9.17) is 9.84 Å². The van der Waals surface area contributed by atoms with Gasteiger partial charge >= 0.3 is 5.97 Å². The lowest BCUT2D eigenvalue weighted by atomic mass is 10.1. The average molecular weight is 313 g/mol. The Hall–Kier alpha value is -1.08. The molecule has 1 aromatic heterocycles. The molecule has 6 nitrogen and oxygen atoms in total. The summed E-state index contributed by atoms with van der Waals surface area (Å²) in [5.74, 6) is 1.29. The quantitative estimate of drug-likeness (QED) is 0.528. The molecule has 1 heterocycles. The molecule has 0 unspecified atom stereocenters. The molecule has 1 aliphatic carbocycles. The van der Waals surface area contributed by atoms with Gasteiger partial charge in [0.2, 0.25) is 0 Å². The van der Waals surface area contributed by atoms with Crippen LogP contribution in [0.2, 0.25) is 0 Å². The lowest BCUT2D eigenvalue weighted by Gasteiger charge is -2.10. The van der Waals surface area contributed by atoms with Crippen LogP contribution in [0.1, 0.15) is 44.9 Å². The van der Waals surface area contributed by atoms with Crippen LogP contribution in [0.4, 0.5) is 0 Å². The fourth-order valence-electron chi connectivity index (χ4n) is 1.96. The van der Waals surface area contributed by atoms with Crippen molar-refractivity contribution in [3.05, 3.63) is 5.82 Å². The molecule has 0 saturated heterocycles. The van der Waals surface area contributed by atoms with Crippen LogP contribution in [0.3, 0.4) is 0 Å². The summed E-state index contributed by atoms with van der Waals surface area (Å²) in [6.07, 6.45) is 3.35. The number of hydrogen-bond donors (Lipinski definition) is 1. The zero-order valence-electron chi connectivity index (χ0n) is 12.6. The van der Waals surface area contributed by atoms with Crippen LogP contribution in [-0.2, 0) is 16.1 Å². The number of hydrogen-bond acceptors (Lipinski definition) is 5. The van der Waals surface area contributed by atoms with Crippen molar-refractivity contribution in [2.24, 2.45) is 5.92 Å². The standard InChI is InChI=1S/C14H23N3O3S/c1-10(2)5-7-20-8-6-17-13(11-3-4-11)15-16-14(17)21-9-12(18)19/h10-11H,3-9H2,1-2H3,(H,18,19). The summed E-state index contributed by atoms with van der Waals surface area (Å²) in [4.78, 5) is 10.7. The van der Waals surface area contributed by atoms with Gasteiger partial charge in [0.05, 0.1) is 12.4 Å². The lowest BCUT2D eigenvalue weighted by Crippen LogP contribution is -2.12. The van der Waals surface area contributed by atoms with E-state index in [1.54, 1.807) is 0 Å². The highest BCUT2D eigenvalue weighted by Crippen LogP contribution is 2.39. The number of aliphatic carboxylic acids is 1. The second-order valence-electron chi connectivity index (χ2n) is 5.74. The Labute approximate surface area is 129 Å². The number of nitrogens with zero attached hydrogens (tertiary/aromatic N) is 3. The average Bonchev–Trinajstić information content (AvgIpc) is 3.18. The molecule has 0 radical (unpaired) electrons. The summed E-state index contributed by atoms with van der Waals surface area (Å²) >= 11 is 1.22. The fraction of sp³-hybridized carbons (Fsp3) is 0.786. The number of aromatic nitrogens is 3. The van der Waals surface area contributed by atoms with Gasteiger partial charge in [0.1, 0.15) is 5.82 Å². The van der Waals surface area contributed by atoms with Crippen LogP contribution in [0.15, 0.2) is 5.16 Å². The van der Waals surface area contributed by atoms with Crippen molar-refractivity contribution in [3.8, 4) is 0 Å². The minimum absolute atomic E-state index is 0.0109. The van der Waals surface area contributed by atoms with Crippen LogP contribution >= 0.6 is 11.8 Å². The molecule has 0 spiro atoms. The Bertz CT molecular complexity index is 472. The third-order valence-electron chi connectivity index (χ3n) is 3.31. The summed E-state index contributed by atoms with van der Waals surface area (Å²) in [6.45, 7) is 6.42. The molecule has 0 aromatic carbocycles. The van der Waals surface area contributed by atoms with E-state index in [1.165, 1.54) is 11.8 Å². The molecule has 0 amide bonds. The number of thioether (sulfide) groups is 1. The van der Waals surface area contributed by atoms with E-state index in [0.717, 1.165) is 31.7 Å². The molecule has 1 fully saturated rings. The van der Waals surface area contributed by atoms with E-state index in [1.807, 2.05) is 4.57 Å². The van der Waals surface area contributed by atoms with Gasteiger partial charge in [0.15, 0.2) is 5.16 Å². The van der Waals surface area contributed by atoms with Crippen LogP contribution < -0.4 is 0 Å². The zero-order chi connectivity index (χ0) is 15.2. The molecule has 1 saturated carbocycles. The number of carboxylic acids is 1. The topological polar surface area (TPSA) is 77.2 Å². The Morgan fingerprint density at radius 2 is 2.19 bits per heavy atom. The molecule has 1 aliphatic rings. The first-order valence-electron chi connectivity index (χ1n) is 7.43. The van der Waals surface area contributed by atoms with Crippen molar-refractivity contribution in [2.45, 2.75) is 50.7 Å². The fourth-order valence-corrected chi connectivity index (χ4v) is 2.66. The number of carboxylic acid groups (broad SMARTS) is 1. The zero-order valence-corrected chi connectivity index (χ0v) is 13.4. The maximum absolute atomic E-state index is 10.7. The highest BCUT2D eigenvalue weighted by atomic mass is 32.2. The molecule has 0 aliphatic heterocycles. The summed E-state index contributed by atoms with van der Waals surface area (Å²) in [6, 6.07) is 0. The minimum Gasteiger partial charge on any atom is -0.481 e. The van der Waals surface area contributed by atoms with Gasteiger partial charge in [-0.05, 0) is 25.2 Å². The molecular weight excluding hydrogens is 290 g/mol. The monoisotopic (exact) mass is 313 g/mol. The van der Waals surface area contributed by atoms with E-state index < -0.39 is 5.97 Å². The van der Waals surface area contributed by atoms with Gasteiger partial charge in [0.25, 0.3) is 0 Å². The van der Waals surface area contributed by atoms with Crippen molar-refractivity contribution in [1.29, 1.82) is 0 Å². The molecule has 0 atom stereocenters. The summed E-state index contributed by atoms with van der Waals surface area (Å²) in [7, 11) is 0. The predicted octanol–water partition coefficient (Wildman–Crippen LogP) is 2.39. The highest BCUT2D eigenvalue weighted by molar-refractivity contribution is 7.99. The second kappa shape index (κ2) is 7.79. The molecule has 0 bridgehead atoms. The first kappa shape index (κ1) is 16.3. The van der Waals surface area contributed by atoms with Crippen LogP contribution in [0.5, 0.6) is 0 Å². The third kappa shape index (κ3) is 5.32. The Morgan fingerprint density at radius 1 is 1.43 bits per heavy atom. The van der Waals surface area contributed by atoms with Crippen molar-refractivity contribution >= 4 is 17.7 Å². The van der Waals surface area contributed by atoms with E-state index >= 15 is 0 Å². The Kier molecular flexibility index (Phi) is 6.05. The number of carbonyl (C=O) groups is 1. The molecule has 21 heavy (non-hydrogen) atoms. The van der Waals surface area contributed by atoms with Crippen molar-refractivity contribution in [2.75, 3.05) is 19.0 Å². The molecular formula is C14H23N3O3S. The molecule has 7 heteroatoms. The van der Waals surface area contributed by atoms with Gasteiger partial charge in [-0.2, -0.15) is 0 Å². The van der Waals surface area contributed by atoms with Crippen molar-refractivity contribution < 1.29 is 14.6 Å². The SMILES string of the molecule is CC(C)CCOCCn1c(SCC(=O)O)nnc1C1CC1. The van der Waals surface area contributed by atoms with Gasteiger partial charge < -0.3 is 14.4 Å². The Morgan fingerprint density at radius 3 is 2.81 bits per heavy atom. The largest absolute Gasteiger partial charge is 0.481 e. The summed E-state index contributed by atoms with van der Waals surface area (Å²) in [5, 5.41) is 17.8. The summed E-state index contributed by atoms with van der Waals surface area (Å²) < 4.78 is 7.68. The van der Waals surface area contributed by atoms with Crippen LogP contribution in [-0.4, -0.2) is 44.8 Å². The first-order chi connectivity index (χ1) is 10.1. The highest BCUT2D eigenvalue weighted by Gasteiger charge is 2.30. The first-order valence-corrected chi connectivity index (χ1v) is 8.42. The smallest absolute Gasteiger partial charge is 0.313 e. The van der Waals surface area contributed by atoms with Crippen LogP contribution in [0.25, 0.3) is 0 Å². The molecule has 1 N–H and O–H groups in total. The van der Waals surface area contributed by atoms with Crippen LogP contribution in [0, 0.1) is 5.92 Å². The normalized spacial score (nSPS) is 14.8. The van der Waals surface area contributed by atoms with Gasteiger partial charge in [-0.25, -0.2) is 0 Å². The second-order valence-corrected chi connectivity index (χ2v) is 6.69. The van der Waals surface area contributed by atoms with Gasteiger partial charge in [-0.1, -0.05) is 25.6 Å². The van der Waals surface area contributed by atoms with Gasteiger partial charge in [-0.3, -0.25) is 4.79 Å². The molecule has 1 aromatic rings. The van der Waals surface area contributed by atoms with Gasteiger partial charge in [0, 0.05) is 19.1 Å². The summed E-state index contributed by atoms with van der Waals surface area (Å²) in [5.41, 5.74) is 0. The maximum atomic E-state index is 10.7. The van der Waals surface area contributed by atoms with E-state index in [0.29, 0.717) is 30.1 Å². The minimum atomic E-state index is -0.837. The maximum Gasteiger partial charge on any atom is 0.313 e. The van der Waals surface area contributed by atoms with Crippen molar-refractivity contribution in [3.63, 3.8) is 0 Å². The van der Waals surface area contributed by atoms with E-state index in [9.17, 15) is 4.79 Å². The molecule has 118 valence electrons. The van der Waals surface area contributed by atoms with Gasteiger partial charge in [-0.15, -0.1) is 10.2 Å². The predicted molar refractivity (Wildman–Crippen MR) is 80.6 cm³/mol. The Balaban J connectivity index is 1.88. The van der Waals surface area contributed by atoms with Crippen molar-refractivity contribution in [1.82, 2.24) is 14.8 Å². The van der Waals surface area contributed by atoms with E-state index in [-0.39, 0.29) is 5.75 Å². The number of ether oxygens (including phenoxy) is 1.